The fourth-order valence-corrected chi connectivity index (χ4v) is 6.93. The summed E-state index contributed by atoms with van der Waals surface area (Å²) < 4.78 is 22.0. The predicted molar refractivity (Wildman–Crippen MR) is 180 cm³/mol. The quantitative estimate of drug-likeness (QED) is 0.141. The molecule has 4 N–H and O–H groups in total. The predicted octanol–water partition coefficient (Wildman–Crippen LogP) is 3.10. The Morgan fingerprint density at radius 2 is 1.68 bits per heavy atom. The number of benzene rings is 1. The standard InChI is InChI=1S/C34H51N5O7S/c1-24(36-2)32(41)38-30(25-8-4-3-5-9-25)34(42)39-14-7-12-29(39)33-37-28(23-47-33)31(40)26-10-6-11-27(22-26)46-21-20-45-19-18-44-17-16-43-15-13-35/h6,10-11,22-25,29-30,36H,3-5,7-9,12-21,35H2,1-2H3,(H,38,41)/t24?,29-,30?/m0/s1. The normalized spacial score (nSPS) is 18.2. The van der Waals surface area contributed by atoms with Gasteiger partial charge in [-0.2, -0.15) is 0 Å². The largest absolute Gasteiger partial charge is 0.491 e. The molecular weight excluding hydrogens is 622 g/mol. The van der Waals surface area contributed by atoms with Gasteiger partial charge in [-0.1, -0.05) is 31.4 Å². The number of likely N-dealkylation sites (tertiary alicyclic amines) is 1. The minimum atomic E-state index is -0.562. The summed E-state index contributed by atoms with van der Waals surface area (Å²) in [5.74, 6) is 0.267. The number of carbonyl (C=O) groups excluding carboxylic acids is 3. The second kappa shape index (κ2) is 19.8. The zero-order valence-electron chi connectivity index (χ0n) is 27.7. The number of nitrogens with one attached hydrogen (secondary N) is 2. The molecule has 2 aliphatic rings. The zero-order valence-corrected chi connectivity index (χ0v) is 28.6. The summed E-state index contributed by atoms with van der Waals surface area (Å²) >= 11 is 1.40. The molecule has 2 unspecified atom stereocenters. The van der Waals surface area contributed by atoms with Crippen molar-refractivity contribution in [2.45, 2.75) is 70.0 Å². The molecule has 1 aromatic heterocycles. The summed E-state index contributed by atoms with van der Waals surface area (Å²) in [5, 5.41) is 8.56. The van der Waals surface area contributed by atoms with Crippen LogP contribution in [0.5, 0.6) is 5.75 Å². The molecule has 0 bridgehead atoms. The first kappa shape index (κ1) is 36.9. The third-order valence-corrected chi connectivity index (χ3v) is 9.63. The van der Waals surface area contributed by atoms with Gasteiger partial charge in [0.25, 0.3) is 0 Å². The monoisotopic (exact) mass is 673 g/mol. The fourth-order valence-electron chi connectivity index (χ4n) is 5.99. The molecule has 47 heavy (non-hydrogen) atoms. The van der Waals surface area contributed by atoms with Crippen LogP contribution in [0.3, 0.4) is 0 Å². The van der Waals surface area contributed by atoms with Crippen molar-refractivity contribution < 1.29 is 33.3 Å². The SMILES string of the molecule is CNC(C)C(=O)NC(C(=O)N1CCC[C@H]1c1nc(C(=O)c2cccc(OCCOCCOCCOCCN)c2)cs1)C1CCCCC1. The van der Waals surface area contributed by atoms with Crippen LogP contribution in [0.2, 0.25) is 0 Å². The van der Waals surface area contributed by atoms with Crippen LogP contribution < -0.4 is 21.1 Å². The lowest BCUT2D eigenvalue weighted by Crippen LogP contribution is -2.55. The van der Waals surface area contributed by atoms with Crippen LogP contribution in [0.4, 0.5) is 0 Å². The summed E-state index contributed by atoms with van der Waals surface area (Å²) in [4.78, 5) is 47.0. The molecule has 13 heteroatoms. The number of nitrogens with two attached hydrogens (primary N) is 1. The molecule has 0 spiro atoms. The van der Waals surface area contributed by atoms with E-state index in [-0.39, 0.29) is 29.6 Å². The highest BCUT2D eigenvalue weighted by molar-refractivity contribution is 7.10. The summed E-state index contributed by atoms with van der Waals surface area (Å²) in [5.41, 5.74) is 6.19. The maximum absolute atomic E-state index is 14.1. The number of ketones is 1. The van der Waals surface area contributed by atoms with Gasteiger partial charge in [0.05, 0.1) is 51.7 Å². The van der Waals surface area contributed by atoms with Crippen LogP contribution in [0.15, 0.2) is 29.6 Å². The van der Waals surface area contributed by atoms with Gasteiger partial charge >= 0.3 is 0 Å². The van der Waals surface area contributed by atoms with Gasteiger partial charge in [0.2, 0.25) is 17.6 Å². The zero-order chi connectivity index (χ0) is 33.4. The fraction of sp³-hybridized carbons (Fsp3) is 0.647. The van der Waals surface area contributed by atoms with E-state index in [1.807, 2.05) is 4.90 Å². The molecule has 4 rings (SSSR count). The molecule has 1 aromatic carbocycles. The Balaban J connectivity index is 1.31. The number of likely N-dealkylation sites (N-methyl/N-ethyl adjacent to an activating group) is 1. The summed E-state index contributed by atoms with van der Waals surface area (Å²) in [6, 6.07) is 5.86. The molecule has 1 aliphatic carbocycles. The van der Waals surface area contributed by atoms with Crippen molar-refractivity contribution in [2.24, 2.45) is 11.7 Å². The minimum Gasteiger partial charge on any atom is -0.491 e. The Morgan fingerprint density at radius 1 is 0.979 bits per heavy atom. The maximum Gasteiger partial charge on any atom is 0.246 e. The van der Waals surface area contributed by atoms with Gasteiger partial charge in [-0.05, 0) is 57.7 Å². The molecule has 1 saturated carbocycles. The molecule has 2 amide bonds. The molecule has 1 aliphatic heterocycles. The molecule has 2 fully saturated rings. The van der Waals surface area contributed by atoms with Crippen molar-refractivity contribution in [3.63, 3.8) is 0 Å². The number of rotatable bonds is 20. The van der Waals surface area contributed by atoms with Crippen LogP contribution >= 0.6 is 11.3 Å². The van der Waals surface area contributed by atoms with Crippen LogP contribution in [0.25, 0.3) is 0 Å². The average Bonchev–Trinajstić information content (AvgIpc) is 3.80. The number of aromatic nitrogens is 1. The van der Waals surface area contributed by atoms with Crippen molar-refractivity contribution >= 4 is 28.9 Å². The molecule has 1 saturated heterocycles. The van der Waals surface area contributed by atoms with Crippen LogP contribution in [-0.4, -0.2) is 106 Å². The number of amides is 2. The first-order valence-corrected chi connectivity index (χ1v) is 17.7. The molecule has 3 atom stereocenters. The Labute approximate surface area is 282 Å². The van der Waals surface area contributed by atoms with Gasteiger partial charge in [-0.25, -0.2) is 4.98 Å². The number of nitrogens with zero attached hydrogens (tertiary/aromatic N) is 2. The first-order valence-electron chi connectivity index (χ1n) is 16.9. The lowest BCUT2D eigenvalue weighted by Gasteiger charge is -2.35. The van der Waals surface area contributed by atoms with Crippen molar-refractivity contribution in [2.75, 3.05) is 66.4 Å². The van der Waals surface area contributed by atoms with Crippen molar-refractivity contribution in [3.05, 3.63) is 45.9 Å². The maximum atomic E-state index is 14.1. The van der Waals surface area contributed by atoms with Gasteiger partial charge in [-0.3, -0.25) is 14.4 Å². The van der Waals surface area contributed by atoms with Crippen LogP contribution in [0, 0.1) is 5.92 Å². The van der Waals surface area contributed by atoms with Gasteiger partial charge in [0.15, 0.2) is 0 Å². The summed E-state index contributed by atoms with van der Waals surface area (Å²) in [6.45, 7) is 6.05. The van der Waals surface area contributed by atoms with E-state index in [1.165, 1.54) is 11.3 Å². The van der Waals surface area contributed by atoms with E-state index >= 15 is 0 Å². The van der Waals surface area contributed by atoms with E-state index in [4.69, 9.17) is 29.7 Å². The number of hydrogen-bond acceptors (Lipinski definition) is 11. The van der Waals surface area contributed by atoms with Crippen LogP contribution in [0.1, 0.15) is 79.0 Å². The molecule has 0 radical (unpaired) electrons. The Hall–Kier alpha value is -2.94. The summed E-state index contributed by atoms with van der Waals surface area (Å²) in [6.07, 6.45) is 6.76. The highest BCUT2D eigenvalue weighted by Gasteiger charge is 2.40. The van der Waals surface area contributed by atoms with Gasteiger partial charge in [0.1, 0.15) is 29.1 Å². The highest BCUT2D eigenvalue weighted by atomic mass is 32.1. The number of hydrogen-bond donors (Lipinski definition) is 3. The third-order valence-electron chi connectivity index (χ3n) is 8.69. The lowest BCUT2D eigenvalue weighted by molar-refractivity contribution is -0.139. The van der Waals surface area contributed by atoms with Crippen molar-refractivity contribution in [1.82, 2.24) is 20.5 Å². The Bertz CT molecular complexity index is 1270. The second-order valence-corrected chi connectivity index (χ2v) is 12.9. The number of ether oxygens (including phenoxy) is 4. The molecule has 12 nitrogen and oxygen atoms in total. The molecule has 2 aromatic rings. The van der Waals surface area contributed by atoms with E-state index in [0.717, 1.165) is 50.0 Å². The van der Waals surface area contributed by atoms with E-state index in [2.05, 4.69) is 10.6 Å². The smallest absolute Gasteiger partial charge is 0.246 e. The molecular formula is C34H51N5O7S. The summed E-state index contributed by atoms with van der Waals surface area (Å²) in [7, 11) is 1.74. The number of carbonyl (C=O) groups is 3. The first-order chi connectivity index (χ1) is 22.9. The van der Waals surface area contributed by atoms with Gasteiger partial charge in [0, 0.05) is 24.0 Å². The van der Waals surface area contributed by atoms with E-state index in [9.17, 15) is 14.4 Å². The molecule has 2 heterocycles. The van der Waals surface area contributed by atoms with Gasteiger partial charge in [-0.15, -0.1) is 11.3 Å². The van der Waals surface area contributed by atoms with E-state index in [0.29, 0.717) is 76.3 Å². The molecule has 260 valence electrons. The third kappa shape index (κ3) is 11.0. The lowest BCUT2D eigenvalue weighted by atomic mass is 9.83. The van der Waals surface area contributed by atoms with Gasteiger partial charge < -0.3 is 40.2 Å². The van der Waals surface area contributed by atoms with Crippen molar-refractivity contribution in [1.29, 1.82) is 0 Å². The van der Waals surface area contributed by atoms with Crippen molar-refractivity contribution in [3.8, 4) is 5.75 Å². The highest BCUT2D eigenvalue weighted by Crippen LogP contribution is 2.36. The topological polar surface area (TPSA) is 154 Å². The second-order valence-electron chi connectivity index (χ2n) is 12.0. The van der Waals surface area contributed by atoms with E-state index < -0.39 is 12.1 Å². The van der Waals surface area contributed by atoms with Crippen LogP contribution in [-0.2, 0) is 23.8 Å². The van der Waals surface area contributed by atoms with E-state index in [1.54, 1.807) is 43.6 Å². The number of thiazole rings is 1. The average molecular weight is 674 g/mol. The Kier molecular flexibility index (Phi) is 15.5. The minimum absolute atomic E-state index is 0.0478. The Morgan fingerprint density at radius 3 is 2.38 bits per heavy atom.